The van der Waals surface area contributed by atoms with Crippen LogP contribution in [-0.4, -0.2) is 6.61 Å². The Labute approximate surface area is 80.0 Å². The summed E-state index contributed by atoms with van der Waals surface area (Å²) in [5.41, 5.74) is 1.24. The molecule has 0 atom stereocenters. The first-order valence-corrected chi connectivity index (χ1v) is 4.66. The van der Waals surface area contributed by atoms with Crippen LogP contribution in [-0.2, 0) is 11.3 Å². The van der Waals surface area contributed by atoms with Gasteiger partial charge >= 0.3 is 0 Å². The SMILES string of the molecule is C/C=C\CCOCc1ccccc1. The molecule has 0 unspecified atom stereocenters. The van der Waals surface area contributed by atoms with Gasteiger partial charge in [0.05, 0.1) is 13.2 Å². The summed E-state index contributed by atoms with van der Waals surface area (Å²) in [5, 5.41) is 0. The summed E-state index contributed by atoms with van der Waals surface area (Å²) in [4.78, 5) is 0. The van der Waals surface area contributed by atoms with Crippen LogP contribution < -0.4 is 0 Å². The lowest BCUT2D eigenvalue weighted by Gasteiger charge is -2.01. The van der Waals surface area contributed by atoms with Crippen LogP contribution in [0.2, 0.25) is 0 Å². The van der Waals surface area contributed by atoms with E-state index in [-0.39, 0.29) is 0 Å². The molecule has 13 heavy (non-hydrogen) atoms. The minimum absolute atomic E-state index is 0.721. The molecule has 0 aliphatic heterocycles. The summed E-state index contributed by atoms with van der Waals surface area (Å²) in [6, 6.07) is 10.2. The molecule has 0 saturated carbocycles. The van der Waals surface area contributed by atoms with Crippen molar-refractivity contribution in [1.29, 1.82) is 0 Å². The first kappa shape index (κ1) is 10.0. The highest BCUT2D eigenvalue weighted by Gasteiger charge is 1.89. The van der Waals surface area contributed by atoms with Crippen molar-refractivity contribution in [3.63, 3.8) is 0 Å². The minimum atomic E-state index is 0.721. The van der Waals surface area contributed by atoms with Crippen molar-refractivity contribution in [3.8, 4) is 0 Å². The van der Waals surface area contributed by atoms with E-state index >= 15 is 0 Å². The van der Waals surface area contributed by atoms with Crippen LogP contribution in [0.5, 0.6) is 0 Å². The Morgan fingerprint density at radius 1 is 1.23 bits per heavy atom. The standard InChI is InChI=1S/C12H16O/c1-2-3-7-10-13-11-12-8-5-4-6-9-12/h2-6,8-9H,7,10-11H2,1H3/b3-2-. The van der Waals surface area contributed by atoms with E-state index in [9.17, 15) is 0 Å². The van der Waals surface area contributed by atoms with Gasteiger partial charge in [-0.2, -0.15) is 0 Å². The van der Waals surface area contributed by atoms with Crippen molar-refractivity contribution >= 4 is 0 Å². The zero-order chi connectivity index (χ0) is 9.36. The van der Waals surface area contributed by atoms with E-state index in [2.05, 4.69) is 18.2 Å². The molecule has 0 heterocycles. The van der Waals surface area contributed by atoms with E-state index in [1.165, 1.54) is 5.56 Å². The quantitative estimate of drug-likeness (QED) is 0.494. The third-order valence-electron chi connectivity index (χ3n) is 1.78. The lowest BCUT2D eigenvalue weighted by Crippen LogP contribution is -1.93. The van der Waals surface area contributed by atoms with Crippen LogP contribution in [0.25, 0.3) is 0 Å². The van der Waals surface area contributed by atoms with Crippen molar-refractivity contribution in [2.45, 2.75) is 20.0 Å². The molecule has 1 heteroatoms. The van der Waals surface area contributed by atoms with Crippen molar-refractivity contribution < 1.29 is 4.74 Å². The maximum atomic E-state index is 5.47. The average Bonchev–Trinajstić information content (AvgIpc) is 2.19. The number of rotatable bonds is 5. The Morgan fingerprint density at radius 3 is 2.69 bits per heavy atom. The fourth-order valence-corrected chi connectivity index (χ4v) is 1.08. The molecule has 0 aliphatic carbocycles. The van der Waals surface area contributed by atoms with Gasteiger partial charge in [-0.3, -0.25) is 0 Å². The van der Waals surface area contributed by atoms with Crippen LogP contribution in [0.1, 0.15) is 18.9 Å². The number of hydrogen-bond donors (Lipinski definition) is 0. The van der Waals surface area contributed by atoms with Crippen LogP contribution in [0.15, 0.2) is 42.5 Å². The van der Waals surface area contributed by atoms with Crippen LogP contribution in [0.3, 0.4) is 0 Å². The molecule has 0 N–H and O–H groups in total. The molecular formula is C12H16O. The summed E-state index contributed by atoms with van der Waals surface area (Å²) in [6.07, 6.45) is 5.17. The van der Waals surface area contributed by atoms with E-state index in [0.717, 1.165) is 19.6 Å². The van der Waals surface area contributed by atoms with Crippen LogP contribution in [0.4, 0.5) is 0 Å². The monoisotopic (exact) mass is 176 g/mol. The van der Waals surface area contributed by atoms with Gasteiger partial charge in [0.1, 0.15) is 0 Å². The molecule has 1 nitrogen and oxygen atoms in total. The molecule has 0 spiro atoms. The second-order valence-electron chi connectivity index (χ2n) is 2.90. The molecule has 1 aromatic carbocycles. The number of ether oxygens (including phenoxy) is 1. The smallest absolute Gasteiger partial charge is 0.0717 e. The largest absolute Gasteiger partial charge is 0.376 e. The van der Waals surface area contributed by atoms with Gasteiger partial charge in [-0.25, -0.2) is 0 Å². The lowest BCUT2D eigenvalue weighted by atomic mass is 10.2. The van der Waals surface area contributed by atoms with Gasteiger partial charge in [0.2, 0.25) is 0 Å². The molecule has 1 aromatic rings. The molecule has 0 bridgehead atoms. The Balaban J connectivity index is 2.13. The van der Waals surface area contributed by atoms with E-state index in [4.69, 9.17) is 4.74 Å². The van der Waals surface area contributed by atoms with Gasteiger partial charge in [0.15, 0.2) is 0 Å². The normalized spacial score (nSPS) is 10.8. The van der Waals surface area contributed by atoms with Crippen LogP contribution >= 0.6 is 0 Å². The Kier molecular flexibility index (Phi) is 4.95. The molecule has 0 radical (unpaired) electrons. The predicted molar refractivity (Wildman–Crippen MR) is 55.5 cm³/mol. The highest BCUT2D eigenvalue weighted by molar-refractivity contribution is 5.13. The van der Waals surface area contributed by atoms with Crippen molar-refractivity contribution in [2.75, 3.05) is 6.61 Å². The topological polar surface area (TPSA) is 9.23 Å². The zero-order valence-corrected chi connectivity index (χ0v) is 8.07. The van der Waals surface area contributed by atoms with Gasteiger partial charge in [0, 0.05) is 0 Å². The van der Waals surface area contributed by atoms with Crippen LogP contribution in [0, 0.1) is 0 Å². The van der Waals surface area contributed by atoms with Crippen molar-refractivity contribution in [1.82, 2.24) is 0 Å². The van der Waals surface area contributed by atoms with E-state index < -0.39 is 0 Å². The molecular weight excluding hydrogens is 160 g/mol. The summed E-state index contributed by atoms with van der Waals surface area (Å²) >= 11 is 0. The predicted octanol–water partition coefficient (Wildman–Crippen LogP) is 3.17. The van der Waals surface area contributed by atoms with Gasteiger partial charge in [-0.1, -0.05) is 42.5 Å². The van der Waals surface area contributed by atoms with Gasteiger partial charge in [0.25, 0.3) is 0 Å². The molecule has 0 aromatic heterocycles. The van der Waals surface area contributed by atoms with E-state index in [1.54, 1.807) is 0 Å². The minimum Gasteiger partial charge on any atom is -0.376 e. The average molecular weight is 176 g/mol. The Hall–Kier alpha value is -1.08. The second kappa shape index (κ2) is 6.44. The van der Waals surface area contributed by atoms with Gasteiger partial charge < -0.3 is 4.74 Å². The number of allylic oxidation sites excluding steroid dienone is 1. The third kappa shape index (κ3) is 4.48. The maximum Gasteiger partial charge on any atom is 0.0717 e. The van der Waals surface area contributed by atoms with E-state index in [0.29, 0.717) is 0 Å². The molecule has 0 fully saturated rings. The van der Waals surface area contributed by atoms with Crippen molar-refractivity contribution in [2.24, 2.45) is 0 Å². The molecule has 70 valence electrons. The molecule has 0 aliphatic rings. The molecule has 0 amide bonds. The second-order valence-corrected chi connectivity index (χ2v) is 2.90. The summed E-state index contributed by atoms with van der Waals surface area (Å²) in [5.74, 6) is 0. The summed E-state index contributed by atoms with van der Waals surface area (Å²) < 4.78 is 5.47. The summed E-state index contributed by atoms with van der Waals surface area (Å²) in [6.45, 7) is 3.55. The third-order valence-corrected chi connectivity index (χ3v) is 1.78. The number of hydrogen-bond acceptors (Lipinski definition) is 1. The molecule has 1 rings (SSSR count). The van der Waals surface area contributed by atoms with Gasteiger partial charge in [-0.15, -0.1) is 0 Å². The highest BCUT2D eigenvalue weighted by atomic mass is 16.5. The van der Waals surface area contributed by atoms with Crippen molar-refractivity contribution in [3.05, 3.63) is 48.0 Å². The Bertz CT molecular complexity index is 239. The first-order chi connectivity index (χ1) is 6.43. The fraction of sp³-hybridized carbons (Fsp3) is 0.333. The Morgan fingerprint density at radius 2 is 2.00 bits per heavy atom. The first-order valence-electron chi connectivity index (χ1n) is 4.66. The molecule has 0 saturated heterocycles. The fourth-order valence-electron chi connectivity index (χ4n) is 1.08. The summed E-state index contributed by atoms with van der Waals surface area (Å²) in [7, 11) is 0. The zero-order valence-electron chi connectivity index (χ0n) is 8.07. The maximum absolute atomic E-state index is 5.47. The highest BCUT2D eigenvalue weighted by Crippen LogP contribution is 2.00. The van der Waals surface area contributed by atoms with Gasteiger partial charge in [-0.05, 0) is 18.9 Å². The van der Waals surface area contributed by atoms with E-state index in [1.807, 2.05) is 31.2 Å². The number of benzene rings is 1. The lowest BCUT2D eigenvalue weighted by molar-refractivity contribution is 0.125.